The van der Waals surface area contributed by atoms with Gasteiger partial charge in [-0.25, -0.2) is 0 Å². The maximum atomic E-state index is 12.5. The van der Waals surface area contributed by atoms with Crippen LogP contribution >= 0.6 is 35.3 Å². The summed E-state index contributed by atoms with van der Waals surface area (Å²) in [7, 11) is 0. The molecule has 1 unspecified atom stereocenters. The third-order valence-corrected chi connectivity index (χ3v) is 6.78. The zero-order chi connectivity index (χ0) is 15.8. The van der Waals surface area contributed by atoms with Crippen LogP contribution in [0.15, 0.2) is 11.4 Å². The number of hydrogen-bond donors (Lipinski definition) is 2. The van der Waals surface area contributed by atoms with Gasteiger partial charge in [0.15, 0.2) is 4.77 Å². The summed E-state index contributed by atoms with van der Waals surface area (Å²) >= 11 is 8.78. The topological polar surface area (TPSA) is 62.7 Å². The number of rotatable bonds is 5. The molecule has 5 nitrogen and oxygen atoms in total. The second-order valence-electron chi connectivity index (χ2n) is 5.89. The van der Waals surface area contributed by atoms with Crippen LogP contribution in [0.5, 0.6) is 0 Å². The van der Waals surface area contributed by atoms with Gasteiger partial charge < -0.3 is 9.88 Å². The highest BCUT2D eigenvalue weighted by Gasteiger charge is 2.29. The van der Waals surface area contributed by atoms with Crippen molar-refractivity contribution in [1.82, 2.24) is 20.1 Å². The lowest BCUT2D eigenvalue weighted by atomic mass is 10.1. The van der Waals surface area contributed by atoms with Gasteiger partial charge in [-0.3, -0.25) is 9.89 Å². The number of aromatic nitrogens is 3. The summed E-state index contributed by atoms with van der Waals surface area (Å²) in [5.41, 5.74) is 1.20. The molecule has 1 amide bonds. The Hall–Kier alpha value is -1.12. The molecular formula is C15H18N4OS3. The Balaban J connectivity index is 1.37. The lowest BCUT2D eigenvalue weighted by molar-refractivity contribution is -0.120. The highest BCUT2D eigenvalue weighted by Crippen LogP contribution is 2.39. The lowest BCUT2D eigenvalue weighted by Gasteiger charge is -2.21. The van der Waals surface area contributed by atoms with E-state index in [9.17, 15) is 4.79 Å². The van der Waals surface area contributed by atoms with Crippen LogP contribution in [0, 0.1) is 4.77 Å². The van der Waals surface area contributed by atoms with Crippen molar-refractivity contribution in [2.45, 2.75) is 37.0 Å². The zero-order valence-corrected chi connectivity index (χ0v) is 15.0. The SMILES string of the molecule is O=C(NCCc1n[nH]c(=S)n1C1CC1)C1SCCc2sccc21. The van der Waals surface area contributed by atoms with Gasteiger partial charge in [-0.15, -0.1) is 23.1 Å². The van der Waals surface area contributed by atoms with Gasteiger partial charge in [-0.05, 0) is 54.2 Å². The molecular weight excluding hydrogens is 348 g/mol. The van der Waals surface area contributed by atoms with E-state index in [1.165, 1.54) is 23.3 Å². The highest BCUT2D eigenvalue weighted by atomic mass is 32.2. The smallest absolute Gasteiger partial charge is 0.237 e. The minimum absolute atomic E-state index is 0.0609. The fourth-order valence-corrected chi connectivity index (χ4v) is 5.59. The van der Waals surface area contributed by atoms with E-state index in [4.69, 9.17) is 12.2 Å². The molecule has 1 fully saturated rings. The van der Waals surface area contributed by atoms with Gasteiger partial charge in [0, 0.05) is 23.9 Å². The third kappa shape index (κ3) is 3.12. The number of amides is 1. The number of H-pyrrole nitrogens is 1. The molecule has 1 saturated carbocycles. The Morgan fingerprint density at radius 1 is 1.52 bits per heavy atom. The van der Waals surface area contributed by atoms with Crippen molar-refractivity contribution in [3.05, 3.63) is 32.5 Å². The maximum absolute atomic E-state index is 12.5. The number of aryl methyl sites for hydroxylation is 1. The summed E-state index contributed by atoms with van der Waals surface area (Å²) in [6.45, 7) is 0.599. The number of carbonyl (C=O) groups is 1. The molecule has 2 aromatic rings. The van der Waals surface area contributed by atoms with E-state index < -0.39 is 0 Å². The van der Waals surface area contributed by atoms with E-state index in [0.29, 0.717) is 23.8 Å². The van der Waals surface area contributed by atoms with Gasteiger partial charge in [0.05, 0.1) is 0 Å². The Morgan fingerprint density at radius 3 is 3.22 bits per heavy atom. The molecule has 4 rings (SSSR count). The number of nitrogens with zero attached hydrogens (tertiary/aromatic N) is 2. The molecule has 3 heterocycles. The summed E-state index contributed by atoms with van der Waals surface area (Å²) in [4.78, 5) is 13.9. The second kappa shape index (κ2) is 6.41. The van der Waals surface area contributed by atoms with Gasteiger partial charge in [-0.2, -0.15) is 5.10 Å². The molecule has 1 aliphatic heterocycles. The van der Waals surface area contributed by atoms with E-state index in [2.05, 4.69) is 31.5 Å². The number of nitrogens with one attached hydrogen (secondary N) is 2. The molecule has 1 atom stereocenters. The van der Waals surface area contributed by atoms with Gasteiger partial charge in [0.2, 0.25) is 5.91 Å². The van der Waals surface area contributed by atoms with Crippen LogP contribution in [0.3, 0.4) is 0 Å². The summed E-state index contributed by atoms with van der Waals surface area (Å²) in [5, 5.41) is 12.3. The van der Waals surface area contributed by atoms with Gasteiger partial charge in [0.25, 0.3) is 0 Å². The van der Waals surface area contributed by atoms with E-state index >= 15 is 0 Å². The van der Waals surface area contributed by atoms with Crippen LogP contribution in [-0.4, -0.2) is 33.0 Å². The molecule has 8 heteroatoms. The number of hydrogen-bond acceptors (Lipinski definition) is 5. The molecule has 2 aliphatic rings. The normalized spacial score (nSPS) is 20.3. The van der Waals surface area contributed by atoms with Gasteiger partial charge >= 0.3 is 0 Å². The average Bonchev–Trinajstić information content (AvgIpc) is 3.14. The van der Waals surface area contributed by atoms with Crippen molar-refractivity contribution in [1.29, 1.82) is 0 Å². The Morgan fingerprint density at radius 2 is 2.39 bits per heavy atom. The summed E-state index contributed by atoms with van der Waals surface area (Å²) in [6, 6.07) is 2.60. The number of fused-ring (bicyclic) bond motifs is 1. The Labute approximate surface area is 147 Å². The minimum Gasteiger partial charge on any atom is -0.354 e. The number of aromatic amines is 1. The first-order chi connectivity index (χ1) is 11.2. The zero-order valence-electron chi connectivity index (χ0n) is 12.6. The molecule has 0 bridgehead atoms. The standard InChI is InChI=1S/C15H18N4OS3/c20-14(13-10-4-7-22-11(10)5-8-23-13)16-6-3-12-17-18-15(21)19(12)9-1-2-9/h4,7,9,13H,1-3,5-6,8H2,(H,16,20)(H,18,21). The van der Waals surface area contributed by atoms with E-state index in [1.807, 2.05) is 0 Å². The first-order valence-corrected chi connectivity index (χ1v) is 10.2. The number of thioether (sulfide) groups is 1. The maximum Gasteiger partial charge on any atom is 0.237 e. The van der Waals surface area contributed by atoms with Crippen LogP contribution in [0.1, 0.15) is 40.4 Å². The molecule has 1 aliphatic carbocycles. The molecule has 0 spiro atoms. The third-order valence-electron chi connectivity index (χ3n) is 4.25. The van der Waals surface area contributed by atoms with E-state index in [1.54, 1.807) is 23.1 Å². The fraction of sp³-hybridized carbons (Fsp3) is 0.533. The monoisotopic (exact) mass is 366 g/mol. The van der Waals surface area contributed by atoms with Crippen LogP contribution in [0.4, 0.5) is 0 Å². The first kappa shape index (κ1) is 15.4. The fourth-order valence-electron chi connectivity index (χ4n) is 2.98. The molecule has 0 saturated heterocycles. The van der Waals surface area contributed by atoms with E-state index in [0.717, 1.165) is 18.0 Å². The quantitative estimate of drug-likeness (QED) is 0.799. The van der Waals surface area contributed by atoms with Crippen LogP contribution in [-0.2, 0) is 17.6 Å². The predicted octanol–water partition coefficient (Wildman–Crippen LogP) is 3.03. The lowest BCUT2D eigenvalue weighted by Crippen LogP contribution is -2.31. The largest absolute Gasteiger partial charge is 0.354 e. The predicted molar refractivity (Wildman–Crippen MR) is 95.6 cm³/mol. The van der Waals surface area contributed by atoms with Crippen molar-refractivity contribution >= 4 is 41.2 Å². The summed E-state index contributed by atoms with van der Waals surface area (Å²) in [5.74, 6) is 2.08. The molecule has 23 heavy (non-hydrogen) atoms. The van der Waals surface area contributed by atoms with Gasteiger partial charge in [0.1, 0.15) is 11.1 Å². The van der Waals surface area contributed by atoms with Crippen LogP contribution in [0.25, 0.3) is 0 Å². The second-order valence-corrected chi connectivity index (χ2v) is 8.49. The molecule has 122 valence electrons. The van der Waals surface area contributed by atoms with Crippen molar-refractivity contribution in [2.75, 3.05) is 12.3 Å². The van der Waals surface area contributed by atoms with Crippen molar-refractivity contribution < 1.29 is 4.79 Å². The summed E-state index contributed by atoms with van der Waals surface area (Å²) in [6.07, 6.45) is 4.14. The van der Waals surface area contributed by atoms with Crippen molar-refractivity contribution in [3.8, 4) is 0 Å². The summed E-state index contributed by atoms with van der Waals surface area (Å²) < 4.78 is 2.80. The van der Waals surface area contributed by atoms with Crippen LogP contribution in [0.2, 0.25) is 0 Å². The van der Waals surface area contributed by atoms with Crippen molar-refractivity contribution in [2.24, 2.45) is 0 Å². The first-order valence-electron chi connectivity index (χ1n) is 7.85. The molecule has 0 radical (unpaired) electrons. The number of thiophene rings is 1. The van der Waals surface area contributed by atoms with E-state index in [-0.39, 0.29) is 11.2 Å². The average molecular weight is 367 g/mol. The molecule has 0 aromatic carbocycles. The van der Waals surface area contributed by atoms with Crippen molar-refractivity contribution in [3.63, 3.8) is 0 Å². The Kier molecular flexibility index (Phi) is 4.29. The molecule has 2 aromatic heterocycles. The van der Waals surface area contributed by atoms with Crippen LogP contribution < -0.4 is 5.32 Å². The highest BCUT2D eigenvalue weighted by molar-refractivity contribution is 8.00. The number of carbonyl (C=O) groups excluding carboxylic acids is 1. The Bertz CT molecular complexity index is 774. The van der Waals surface area contributed by atoms with Gasteiger partial charge in [-0.1, -0.05) is 0 Å². The molecule has 2 N–H and O–H groups in total. The minimum atomic E-state index is -0.0609.